The highest BCUT2D eigenvalue weighted by atomic mass is 16.5. The molecule has 2 aliphatic heterocycles. The van der Waals surface area contributed by atoms with E-state index < -0.39 is 0 Å². The number of piperidine rings is 1. The SMILES string of the molecule is COc1ccc(OC)c(CN2CCc3nnc([C@@H](C)NC(=O)C4CCN(C)CC4)n3CC2)c1. The largest absolute Gasteiger partial charge is 0.497 e. The number of likely N-dealkylation sites (tertiary alicyclic amines) is 1. The maximum atomic E-state index is 12.8. The molecule has 9 nitrogen and oxygen atoms in total. The van der Waals surface area contributed by atoms with Gasteiger partial charge in [0.15, 0.2) is 5.82 Å². The number of ether oxygens (including phenoxy) is 2. The smallest absolute Gasteiger partial charge is 0.223 e. The van der Waals surface area contributed by atoms with Crippen LogP contribution in [0.4, 0.5) is 0 Å². The lowest BCUT2D eigenvalue weighted by molar-refractivity contribution is -0.127. The lowest BCUT2D eigenvalue weighted by atomic mass is 9.96. The number of hydrogen-bond acceptors (Lipinski definition) is 7. The summed E-state index contributed by atoms with van der Waals surface area (Å²) in [5, 5.41) is 12.1. The van der Waals surface area contributed by atoms with E-state index in [1.165, 1.54) is 0 Å². The van der Waals surface area contributed by atoms with Crippen molar-refractivity contribution in [2.24, 2.45) is 5.92 Å². The molecule has 1 aromatic carbocycles. The van der Waals surface area contributed by atoms with Gasteiger partial charge in [0.2, 0.25) is 5.91 Å². The standard InChI is InChI=1S/C24H36N6O3/c1-17(25-24(31)18-7-10-28(2)11-8-18)23-27-26-22-9-12-29(13-14-30(22)23)16-19-15-20(32-3)5-6-21(19)33-4/h5-6,15,17-18H,7-14,16H2,1-4H3,(H,25,31)/t17-/m1/s1. The van der Waals surface area contributed by atoms with E-state index in [-0.39, 0.29) is 17.9 Å². The van der Waals surface area contributed by atoms with Crippen molar-refractivity contribution >= 4 is 5.91 Å². The van der Waals surface area contributed by atoms with Crippen LogP contribution in [-0.4, -0.2) is 77.9 Å². The minimum atomic E-state index is -0.163. The zero-order valence-electron chi connectivity index (χ0n) is 20.2. The average Bonchev–Trinajstić information content (AvgIpc) is 3.13. The lowest BCUT2D eigenvalue weighted by Crippen LogP contribution is -2.40. The van der Waals surface area contributed by atoms with E-state index in [4.69, 9.17) is 9.47 Å². The van der Waals surface area contributed by atoms with Crippen molar-refractivity contribution in [1.82, 2.24) is 29.9 Å². The topological polar surface area (TPSA) is 84.8 Å². The first-order valence-electron chi connectivity index (χ1n) is 11.8. The fraction of sp³-hybridized carbons (Fsp3) is 0.625. The summed E-state index contributed by atoms with van der Waals surface area (Å²) in [4.78, 5) is 17.5. The molecule has 0 saturated carbocycles. The van der Waals surface area contributed by atoms with Gasteiger partial charge in [0.05, 0.1) is 20.3 Å². The zero-order chi connectivity index (χ0) is 23.4. The first-order valence-corrected chi connectivity index (χ1v) is 11.8. The molecule has 33 heavy (non-hydrogen) atoms. The van der Waals surface area contributed by atoms with Gasteiger partial charge in [-0.05, 0) is 58.1 Å². The third-order valence-corrected chi connectivity index (χ3v) is 6.86. The fourth-order valence-corrected chi connectivity index (χ4v) is 4.78. The van der Waals surface area contributed by atoms with Gasteiger partial charge in [-0.2, -0.15) is 0 Å². The second-order valence-electron chi connectivity index (χ2n) is 9.14. The Morgan fingerprint density at radius 1 is 1.12 bits per heavy atom. The molecule has 3 heterocycles. The molecule has 180 valence electrons. The molecule has 0 radical (unpaired) electrons. The minimum absolute atomic E-state index is 0.0866. The van der Waals surface area contributed by atoms with Gasteiger partial charge in [0.25, 0.3) is 0 Å². The van der Waals surface area contributed by atoms with Crippen molar-refractivity contribution in [3.63, 3.8) is 0 Å². The monoisotopic (exact) mass is 456 g/mol. The number of amides is 1. The van der Waals surface area contributed by atoms with Gasteiger partial charge in [-0.25, -0.2) is 0 Å². The molecular weight excluding hydrogens is 420 g/mol. The number of rotatable bonds is 7. The Labute approximate surface area is 196 Å². The number of methoxy groups -OCH3 is 2. The Hall–Kier alpha value is -2.65. The van der Waals surface area contributed by atoms with Crippen LogP contribution < -0.4 is 14.8 Å². The van der Waals surface area contributed by atoms with Crippen molar-refractivity contribution in [1.29, 1.82) is 0 Å². The summed E-state index contributed by atoms with van der Waals surface area (Å²) >= 11 is 0. The van der Waals surface area contributed by atoms with Gasteiger partial charge >= 0.3 is 0 Å². The van der Waals surface area contributed by atoms with E-state index in [2.05, 4.69) is 36.9 Å². The average molecular weight is 457 g/mol. The predicted octanol–water partition coefficient (Wildman–Crippen LogP) is 1.87. The summed E-state index contributed by atoms with van der Waals surface area (Å²) in [6.45, 7) is 7.27. The first kappa shape index (κ1) is 23.5. The molecular formula is C24H36N6O3. The van der Waals surface area contributed by atoms with Crippen LogP contribution in [0.5, 0.6) is 11.5 Å². The van der Waals surface area contributed by atoms with Crippen LogP contribution in [0.2, 0.25) is 0 Å². The molecule has 9 heteroatoms. The Balaban J connectivity index is 1.39. The molecule has 1 aromatic heterocycles. The number of carbonyl (C=O) groups is 1. The fourth-order valence-electron chi connectivity index (χ4n) is 4.78. The lowest BCUT2D eigenvalue weighted by Gasteiger charge is -2.29. The van der Waals surface area contributed by atoms with Gasteiger partial charge in [-0.3, -0.25) is 9.69 Å². The summed E-state index contributed by atoms with van der Waals surface area (Å²) in [5.74, 6) is 3.73. The molecule has 0 bridgehead atoms. The van der Waals surface area contributed by atoms with Crippen molar-refractivity contribution in [2.45, 2.75) is 45.3 Å². The highest BCUT2D eigenvalue weighted by Gasteiger charge is 2.27. The predicted molar refractivity (Wildman–Crippen MR) is 125 cm³/mol. The highest BCUT2D eigenvalue weighted by molar-refractivity contribution is 5.79. The quantitative estimate of drug-likeness (QED) is 0.681. The molecule has 0 unspecified atom stereocenters. The molecule has 2 aliphatic rings. The van der Waals surface area contributed by atoms with E-state index in [9.17, 15) is 4.79 Å². The number of carbonyl (C=O) groups excluding carboxylic acids is 1. The van der Waals surface area contributed by atoms with Crippen LogP contribution >= 0.6 is 0 Å². The van der Waals surface area contributed by atoms with E-state index in [1.54, 1.807) is 14.2 Å². The van der Waals surface area contributed by atoms with E-state index in [0.29, 0.717) is 0 Å². The normalized spacial score (nSPS) is 18.9. The summed E-state index contributed by atoms with van der Waals surface area (Å²) in [5.41, 5.74) is 1.11. The van der Waals surface area contributed by atoms with Gasteiger partial charge in [-0.15, -0.1) is 10.2 Å². The molecule has 1 amide bonds. The number of fused-ring (bicyclic) bond motifs is 1. The third kappa shape index (κ3) is 5.47. The number of nitrogens with one attached hydrogen (secondary N) is 1. The second kappa shape index (κ2) is 10.5. The number of aromatic nitrogens is 3. The van der Waals surface area contributed by atoms with Gasteiger partial charge in [0.1, 0.15) is 17.3 Å². The molecule has 2 aromatic rings. The molecule has 0 aliphatic carbocycles. The Bertz CT molecular complexity index is 954. The summed E-state index contributed by atoms with van der Waals surface area (Å²) in [6, 6.07) is 5.74. The van der Waals surface area contributed by atoms with Crippen molar-refractivity contribution in [3.8, 4) is 11.5 Å². The minimum Gasteiger partial charge on any atom is -0.497 e. The Kier molecular flexibility index (Phi) is 7.49. The zero-order valence-corrected chi connectivity index (χ0v) is 20.2. The van der Waals surface area contributed by atoms with Crippen LogP contribution in [0, 0.1) is 5.92 Å². The Morgan fingerprint density at radius 3 is 2.64 bits per heavy atom. The molecule has 4 rings (SSSR count). The molecule has 1 N–H and O–H groups in total. The van der Waals surface area contributed by atoms with Gasteiger partial charge in [0, 0.05) is 44.1 Å². The number of nitrogens with zero attached hydrogens (tertiary/aromatic N) is 5. The van der Waals surface area contributed by atoms with Crippen molar-refractivity contribution in [2.75, 3.05) is 47.4 Å². The van der Waals surface area contributed by atoms with E-state index >= 15 is 0 Å². The van der Waals surface area contributed by atoms with Crippen LogP contribution in [-0.2, 0) is 24.3 Å². The van der Waals surface area contributed by atoms with E-state index in [1.807, 2.05) is 25.1 Å². The van der Waals surface area contributed by atoms with Gasteiger partial charge in [-0.1, -0.05) is 0 Å². The summed E-state index contributed by atoms with van der Waals surface area (Å²) < 4.78 is 13.1. The molecule has 0 spiro atoms. The second-order valence-corrected chi connectivity index (χ2v) is 9.14. The van der Waals surface area contributed by atoms with Gasteiger partial charge < -0.3 is 24.3 Å². The Morgan fingerprint density at radius 2 is 1.91 bits per heavy atom. The third-order valence-electron chi connectivity index (χ3n) is 6.86. The van der Waals surface area contributed by atoms with Crippen LogP contribution in [0.25, 0.3) is 0 Å². The summed E-state index contributed by atoms with van der Waals surface area (Å²) in [6.07, 6.45) is 2.64. The summed E-state index contributed by atoms with van der Waals surface area (Å²) in [7, 11) is 5.48. The molecule has 1 atom stereocenters. The van der Waals surface area contributed by atoms with Crippen LogP contribution in [0.15, 0.2) is 18.2 Å². The maximum absolute atomic E-state index is 12.8. The maximum Gasteiger partial charge on any atom is 0.223 e. The highest BCUT2D eigenvalue weighted by Crippen LogP contribution is 2.26. The number of hydrogen-bond donors (Lipinski definition) is 1. The first-order chi connectivity index (χ1) is 16.0. The van der Waals surface area contributed by atoms with Crippen LogP contribution in [0.3, 0.4) is 0 Å². The van der Waals surface area contributed by atoms with Crippen LogP contribution in [0.1, 0.15) is 43.0 Å². The molecule has 1 fully saturated rings. The molecule has 1 saturated heterocycles. The van der Waals surface area contributed by atoms with E-state index in [0.717, 1.165) is 87.2 Å². The van der Waals surface area contributed by atoms with Crippen molar-refractivity contribution < 1.29 is 14.3 Å². The van der Waals surface area contributed by atoms with Crippen molar-refractivity contribution in [3.05, 3.63) is 35.4 Å². The number of benzene rings is 1.